The zero-order chi connectivity index (χ0) is 24.9. The minimum absolute atomic E-state index is 0.197. The molecule has 4 heterocycles. The van der Waals surface area contributed by atoms with E-state index in [0.717, 1.165) is 35.3 Å². The molecule has 11 heteroatoms. The fourth-order valence-electron chi connectivity index (χ4n) is 4.55. The molecule has 0 atom stereocenters. The summed E-state index contributed by atoms with van der Waals surface area (Å²) >= 11 is 6.74. The summed E-state index contributed by atoms with van der Waals surface area (Å²) < 4.78 is 24.6. The highest BCUT2D eigenvalue weighted by Gasteiger charge is 2.24. The highest BCUT2D eigenvalue weighted by Crippen LogP contribution is 2.36. The molecule has 0 unspecified atom stereocenters. The fraction of sp³-hybridized carbons (Fsp3) is 0.280. The predicted octanol–water partition coefficient (Wildman–Crippen LogP) is 5.56. The lowest BCUT2D eigenvalue weighted by Gasteiger charge is -2.24. The molecule has 0 aliphatic carbocycles. The van der Waals surface area contributed by atoms with Gasteiger partial charge in [-0.05, 0) is 44.0 Å². The van der Waals surface area contributed by atoms with E-state index in [1.54, 1.807) is 25.5 Å². The maximum atomic E-state index is 12.5. The normalized spacial score (nSPS) is 20.1. The summed E-state index contributed by atoms with van der Waals surface area (Å²) in [5.74, 6) is 3.19. The summed E-state index contributed by atoms with van der Waals surface area (Å²) in [5.41, 5.74) is 4.52. The number of rotatable bonds is 4. The number of fused-ring (bicyclic) bond motifs is 2. The van der Waals surface area contributed by atoms with Gasteiger partial charge >= 0.3 is 0 Å². The number of nitrogens with one attached hydrogen (secondary N) is 1. The molecule has 1 aliphatic rings. The van der Waals surface area contributed by atoms with Gasteiger partial charge in [-0.25, -0.2) is 18.5 Å². The van der Waals surface area contributed by atoms with Gasteiger partial charge in [0.15, 0.2) is 0 Å². The minimum Gasteiger partial charge on any atom is -0.456 e. The van der Waals surface area contributed by atoms with Crippen LogP contribution in [0.2, 0.25) is 5.02 Å². The Labute approximate surface area is 213 Å². The Hall–Kier alpha value is -3.50. The Kier molecular flexibility index (Phi) is 5.65. The molecule has 6 rings (SSSR count). The first-order chi connectivity index (χ1) is 17.4. The zero-order valence-electron chi connectivity index (χ0n) is 19.8. The number of halogens is 1. The van der Waals surface area contributed by atoms with Gasteiger partial charge in [0.05, 0.1) is 40.7 Å². The number of H-pyrrole nitrogens is 1. The van der Waals surface area contributed by atoms with Crippen molar-refractivity contribution >= 4 is 43.4 Å². The van der Waals surface area contributed by atoms with E-state index in [2.05, 4.69) is 24.4 Å². The number of ether oxygens (including phenoxy) is 1. The first-order valence-corrected chi connectivity index (χ1v) is 13.9. The second kappa shape index (κ2) is 8.86. The van der Waals surface area contributed by atoms with Crippen molar-refractivity contribution in [3.63, 3.8) is 0 Å². The second-order valence-corrected chi connectivity index (χ2v) is 12.0. The average molecular weight is 522 g/mol. The molecule has 36 heavy (non-hydrogen) atoms. The van der Waals surface area contributed by atoms with Gasteiger partial charge in [-0.15, -0.1) is 0 Å². The Morgan fingerprint density at radius 1 is 1.14 bits per heavy atom. The molecule has 1 saturated heterocycles. The molecule has 2 aromatic carbocycles. The third kappa shape index (κ3) is 4.20. The first-order valence-electron chi connectivity index (χ1n) is 11.7. The van der Waals surface area contributed by atoms with Crippen molar-refractivity contribution in [3.8, 4) is 22.8 Å². The number of hydrogen-bond acceptors (Lipinski definition) is 7. The van der Waals surface area contributed by atoms with E-state index in [4.69, 9.17) is 21.3 Å². The number of nitrogens with zero attached hydrogens (tertiary/aromatic N) is 6. The molecular weight excluding hydrogens is 498 g/mol. The highest BCUT2D eigenvalue weighted by atomic mass is 35.5. The molecule has 5 aromatic rings. The third-order valence-corrected chi connectivity index (χ3v) is 9.34. The van der Waals surface area contributed by atoms with Crippen LogP contribution in [-0.2, 0) is 9.73 Å². The zero-order valence-corrected chi connectivity index (χ0v) is 21.4. The quantitative estimate of drug-likeness (QED) is 0.331. The summed E-state index contributed by atoms with van der Waals surface area (Å²) in [7, 11) is -0.404. The first kappa shape index (κ1) is 22.9. The number of imidazole rings is 1. The number of aromatic nitrogens is 6. The SMILES string of the molecule is CN=S1(=O)CCC(n2cc(-c3cnc4ccc(Oc5ccc6nc(C)[nH]c6c5)c(Cl)c4n3)cn2)CC1. The van der Waals surface area contributed by atoms with E-state index in [9.17, 15) is 4.21 Å². The van der Waals surface area contributed by atoms with E-state index >= 15 is 0 Å². The number of aryl methyl sites for hydroxylation is 1. The van der Waals surface area contributed by atoms with Crippen LogP contribution in [0.15, 0.2) is 53.3 Å². The van der Waals surface area contributed by atoms with Crippen molar-refractivity contribution in [3.05, 3.63) is 59.8 Å². The van der Waals surface area contributed by atoms with Crippen LogP contribution < -0.4 is 4.74 Å². The monoisotopic (exact) mass is 521 g/mol. The van der Waals surface area contributed by atoms with E-state index < -0.39 is 9.73 Å². The largest absolute Gasteiger partial charge is 0.456 e. The van der Waals surface area contributed by atoms with Gasteiger partial charge in [-0.1, -0.05) is 11.6 Å². The third-order valence-electron chi connectivity index (χ3n) is 6.56. The Balaban J connectivity index is 1.28. The highest BCUT2D eigenvalue weighted by molar-refractivity contribution is 7.93. The van der Waals surface area contributed by atoms with Crippen molar-refractivity contribution in [2.75, 3.05) is 18.6 Å². The van der Waals surface area contributed by atoms with Gasteiger partial charge < -0.3 is 9.72 Å². The number of hydrogen-bond donors (Lipinski definition) is 1. The van der Waals surface area contributed by atoms with Crippen molar-refractivity contribution < 1.29 is 8.95 Å². The van der Waals surface area contributed by atoms with Crippen molar-refractivity contribution in [2.45, 2.75) is 25.8 Å². The molecule has 1 aliphatic heterocycles. The molecule has 0 saturated carbocycles. The standard InChI is InChI=1S/C25H24ClN7O2S/c1-15-30-19-4-3-18(11-21(19)31-15)35-23-6-5-20-25(24(23)26)32-22(13-28-20)16-12-29-33(14-16)17-7-9-36(34,27-2)10-8-17/h3-6,11-14,17H,7-10H2,1-2H3,(H,30,31). The van der Waals surface area contributed by atoms with Crippen molar-refractivity contribution in [1.82, 2.24) is 29.7 Å². The van der Waals surface area contributed by atoms with Crippen LogP contribution >= 0.6 is 11.6 Å². The molecule has 0 spiro atoms. The van der Waals surface area contributed by atoms with Crippen LogP contribution in [0.25, 0.3) is 33.3 Å². The molecule has 1 N–H and O–H groups in total. The molecular formula is C25H24ClN7O2S. The van der Waals surface area contributed by atoms with E-state index in [0.29, 0.717) is 44.8 Å². The van der Waals surface area contributed by atoms with Crippen LogP contribution in [-0.4, -0.2) is 52.5 Å². The second-order valence-electron chi connectivity index (χ2n) is 8.91. The Morgan fingerprint density at radius 2 is 1.94 bits per heavy atom. The average Bonchev–Trinajstić information content (AvgIpc) is 3.52. The molecule has 3 aromatic heterocycles. The lowest BCUT2D eigenvalue weighted by molar-refractivity contribution is 0.420. The number of benzene rings is 2. The van der Waals surface area contributed by atoms with Gasteiger partial charge in [-0.3, -0.25) is 9.67 Å². The maximum Gasteiger partial charge on any atom is 0.148 e. The van der Waals surface area contributed by atoms with Gasteiger partial charge in [-0.2, -0.15) is 5.10 Å². The van der Waals surface area contributed by atoms with Crippen LogP contribution in [0.3, 0.4) is 0 Å². The molecule has 0 radical (unpaired) electrons. The van der Waals surface area contributed by atoms with Crippen LogP contribution in [0.4, 0.5) is 0 Å². The Bertz CT molecular complexity index is 1720. The van der Waals surface area contributed by atoms with E-state index in [1.165, 1.54) is 0 Å². The van der Waals surface area contributed by atoms with E-state index in [1.807, 2.05) is 42.1 Å². The molecule has 184 valence electrons. The van der Waals surface area contributed by atoms with Gasteiger partial charge in [0.25, 0.3) is 0 Å². The maximum absolute atomic E-state index is 12.5. The fourth-order valence-corrected chi connectivity index (χ4v) is 6.65. The van der Waals surface area contributed by atoms with Crippen molar-refractivity contribution in [2.24, 2.45) is 4.36 Å². The summed E-state index contributed by atoms with van der Waals surface area (Å²) in [6.07, 6.45) is 7.04. The van der Waals surface area contributed by atoms with Crippen LogP contribution in [0.5, 0.6) is 11.5 Å². The number of aromatic amines is 1. The topological polar surface area (TPSA) is 111 Å². The van der Waals surface area contributed by atoms with Crippen molar-refractivity contribution in [1.29, 1.82) is 0 Å². The molecule has 0 bridgehead atoms. The minimum atomic E-state index is -2.05. The summed E-state index contributed by atoms with van der Waals surface area (Å²) in [6, 6.07) is 9.49. The van der Waals surface area contributed by atoms with Gasteiger partial charge in [0.1, 0.15) is 27.9 Å². The summed E-state index contributed by atoms with van der Waals surface area (Å²) in [6.45, 7) is 1.91. The lowest BCUT2D eigenvalue weighted by atomic mass is 10.1. The predicted molar refractivity (Wildman–Crippen MR) is 141 cm³/mol. The van der Waals surface area contributed by atoms with Crippen LogP contribution in [0.1, 0.15) is 24.7 Å². The molecule has 0 amide bonds. The summed E-state index contributed by atoms with van der Waals surface area (Å²) in [5, 5.41) is 4.94. The Morgan fingerprint density at radius 3 is 2.75 bits per heavy atom. The van der Waals surface area contributed by atoms with Crippen LogP contribution in [0, 0.1) is 6.92 Å². The molecule has 1 fully saturated rings. The van der Waals surface area contributed by atoms with E-state index in [-0.39, 0.29) is 6.04 Å². The molecule has 9 nitrogen and oxygen atoms in total. The summed E-state index contributed by atoms with van der Waals surface area (Å²) in [4.78, 5) is 17.0. The smallest absolute Gasteiger partial charge is 0.148 e. The van der Waals surface area contributed by atoms with Gasteiger partial charge in [0.2, 0.25) is 0 Å². The van der Waals surface area contributed by atoms with Gasteiger partial charge in [0, 0.05) is 46.1 Å². The lowest BCUT2D eigenvalue weighted by Crippen LogP contribution is -2.25.